The van der Waals surface area contributed by atoms with Crippen molar-refractivity contribution < 1.29 is 9.84 Å². The van der Waals surface area contributed by atoms with E-state index in [1.54, 1.807) is 11.3 Å². The number of aliphatic hydroxyl groups excluding tert-OH is 1. The zero-order valence-electron chi connectivity index (χ0n) is 16.4. The maximum atomic E-state index is 10.2. The van der Waals surface area contributed by atoms with Crippen LogP contribution in [0.5, 0.6) is 0 Å². The van der Waals surface area contributed by atoms with E-state index in [-0.39, 0.29) is 12.7 Å². The summed E-state index contributed by atoms with van der Waals surface area (Å²) < 4.78 is 5.78. The number of aryl methyl sites for hydroxylation is 1. The fourth-order valence-corrected chi connectivity index (χ4v) is 3.43. The molecule has 0 saturated heterocycles. The van der Waals surface area contributed by atoms with Gasteiger partial charge in [-0.1, -0.05) is 37.3 Å². The van der Waals surface area contributed by atoms with E-state index in [0.717, 1.165) is 18.5 Å². The number of ether oxygens (including phenoxy) is 1. The van der Waals surface area contributed by atoms with Crippen molar-refractivity contribution in [2.75, 3.05) is 19.7 Å². The summed E-state index contributed by atoms with van der Waals surface area (Å²) in [5.41, 5.74) is 1.11. The minimum atomic E-state index is -0.603. The van der Waals surface area contributed by atoms with Crippen LogP contribution in [0.2, 0.25) is 0 Å². The van der Waals surface area contributed by atoms with Gasteiger partial charge in [-0.05, 0) is 38.0 Å². The molecular weight excluding hydrogens is 358 g/mol. The van der Waals surface area contributed by atoms with Crippen LogP contribution in [0.25, 0.3) is 0 Å². The monoisotopic (exact) mass is 389 g/mol. The lowest BCUT2D eigenvalue weighted by Crippen LogP contribution is -2.42. The zero-order valence-corrected chi connectivity index (χ0v) is 17.3. The van der Waals surface area contributed by atoms with Crippen LogP contribution < -0.4 is 10.6 Å². The van der Waals surface area contributed by atoms with Crippen LogP contribution in [0.3, 0.4) is 0 Å². The molecule has 2 aromatic rings. The molecule has 6 heteroatoms. The first-order chi connectivity index (χ1) is 13.1. The fraction of sp³-hybridized carbons (Fsp3) is 0.476. The van der Waals surface area contributed by atoms with Crippen LogP contribution in [0.1, 0.15) is 42.2 Å². The normalized spacial score (nSPS) is 14.0. The molecule has 2 atom stereocenters. The standard InChI is InChI=1S/C21H31N3O2S/c1-4-19-11-12-20(27-19)14-24-21(22-5-2)23-13-18(25)15-26-16(3)17-9-7-6-8-10-17/h6-12,16,18,25H,4-5,13-15H2,1-3H3,(H2,22,23,24). The van der Waals surface area contributed by atoms with Crippen molar-refractivity contribution in [2.45, 2.75) is 45.9 Å². The third-order valence-electron chi connectivity index (χ3n) is 4.12. The fourth-order valence-electron chi connectivity index (χ4n) is 2.55. The summed E-state index contributed by atoms with van der Waals surface area (Å²) in [5.74, 6) is 0.708. The van der Waals surface area contributed by atoms with Gasteiger partial charge in [0.2, 0.25) is 0 Å². The molecule has 0 spiro atoms. The number of rotatable bonds is 10. The van der Waals surface area contributed by atoms with Crippen molar-refractivity contribution in [3.63, 3.8) is 0 Å². The van der Waals surface area contributed by atoms with Crippen LogP contribution in [-0.4, -0.2) is 36.9 Å². The number of aliphatic imine (C=N–C) groups is 1. The molecule has 1 heterocycles. The molecule has 0 amide bonds. The highest BCUT2D eigenvalue weighted by atomic mass is 32.1. The predicted molar refractivity (Wildman–Crippen MR) is 113 cm³/mol. The summed E-state index contributed by atoms with van der Waals surface area (Å²) in [6, 6.07) is 14.3. The van der Waals surface area contributed by atoms with Crippen LogP contribution >= 0.6 is 11.3 Å². The number of guanidine groups is 1. The van der Waals surface area contributed by atoms with Gasteiger partial charge in [0.25, 0.3) is 0 Å². The molecule has 0 fully saturated rings. The first-order valence-corrected chi connectivity index (χ1v) is 10.4. The Bertz CT molecular complexity index is 688. The second-order valence-electron chi connectivity index (χ2n) is 6.34. The van der Waals surface area contributed by atoms with Gasteiger partial charge >= 0.3 is 0 Å². The minimum absolute atomic E-state index is 0.0469. The average Bonchev–Trinajstić information content (AvgIpc) is 3.17. The Kier molecular flexibility index (Phi) is 9.31. The predicted octanol–water partition coefficient (Wildman–Crippen LogP) is 3.50. The molecule has 0 radical (unpaired) electrons. The van der Waals surface area contributed by atoms with Crippen molar-refractivity contribution in [1.29, 1.82) is 0 Å². The van der Waals surface area contributed by atoms with Gasteiger partial charge in [-0.25, -0.2) is 4.99 Å². The van der Waals surface area contributed by atoms with Gasteiger partial charge in [0.1, 0.15) is 0 Å². The third kappa shape index (κ3) is 7.71. The Balaban J connectivity index is 1.77. The van der Waals surface area contributed by atoms with Gasteiger partial charge in [-0.3, -0.25) is 0 Å². The SMILES string of the molecule is CCNC(=NCc1ccc(CC)s1)NCC(O)COC(C)c1ccccc1. The number of aliphatic hydroxyl groups is 1. The third-order valence-corrected chi connectivity index (χ3v) is 5.33. The average molecular weight is 390 g/mol. The zero-order chi connectivity index (χ0) is 19.5. The van der Waals surface area contributed by atoms with Crippen LogP contribution in [0, 0.1) is 0 Å². The number of hydrogen-bond donors (Lipinski definition) is 3. The Hall–Kier alpha value is -1.89. The summed E-state index contributed by atoms with van der Waals surface area (Å²) in [6.45, 7) is 8.24. The van der Waals surface area contributed by atoms with E-state index in [0.29, 0.717) is 19.0 Å². The molecule has 3 N–H and O–H groups in total. The van der Waals surface area contributed by atoms with Crippen molar-refractivity contribution in [1.82, 2.24) is 10.6 Å². The summed E-state index contributed by atoms with van der Waals surface area (Å²) in [7, 11) is 0. The van der Waals surface area contributed by atoms with Crippen LogP contribution in [0.4, 0.5) is 0 Å². The van der Waals surface area contributed by atoms with Gasteiger partial charge in [-0.15, -0.1) is 11.3 Å². The Morgan fingerprint density at radius 3 is 2.52 bits per heavy atom. The molecule has 2 unspecified atom stereocenters. The Morgan fingerprint density at radius 1 is 1.11 bits per heavy atom. The van der Waals surface area contributed by atoms with Crippen molar-refractivity contribution in [2.24, 2.45) is 4.99 Å². The summed E-state index contributed by atoms with van der Waals surface area (Å²) in [5, 5.41) is 16.6. The topological polar surface area (TPSA) is 65.9 Å². The van der Waals surface area contributed by atoms with E-state index < -0.39 is 6.10 Å². The molecule has 148 valence electrons. The van der Waals surface area contributed by atoms with Gasteiger partial charge in [-0.2, -0.15) is 0 Å². The molecule has 0 saturated carbocycles. The molecule has 1 aromatic carbocycles. The largest absolute Gasteiger partial charge is 0.389 e. The number of hydrogen-bond acceptors (Lipinski definition) is 4. The van der Waals surface area contributed by atoms with E-state index in [4.69, 9.17) is 4.74 Å². The highest BCUT2D eigenvalue weighted by Gasteiger charge is 2.10. The summed E-state index contributed by atoms with van der Waals surface area (Å²) in [4.78, 5) is 7.21. The lowest BCUT2D eigenvalue weighted by Gasteiger charge is -2.18. The van der Waals surface area contributed by atoms with E-state index in [9.17, 15) is 5.11 Å². The lowest BCUT2D eigenvalue weighted by atomic mass is 10.1. The molecule has 0 bridgehead atoms. The molecule has 0 aliphatic carbocycles. The van der Waals surface area contributed by atoms with Gasteiger partial charge in [0.15, 0.2) is 5.96 Å². The van der Waals surface area contributed by atoms with Crippen LogP contribution in [-0.2, 0) is 17.7 Å². The van der Waals surface area contributed by atoms with Gasteiger partial charge < -0.3 is 20.5 Å². The summed E-state index contributed by atoms with van der Waals surface area (Å²) >= 11 is 1.79. The second kappa shape index (κ2) is 11.7. The van der Waals surface area contributed by atoms with E-state index in [1.807, 2.05) is 44.2 Å². The molecule has 2 rings (SSSR count). The maximum Gasteiger partial charge on any atom is 0.191 e. The highest BCUT2D eigenvalue weighted by Crippen LogP contribution is 2.18. The number of thiophene rings is 1. The van der Waals surface area contributed by atoms with Crippen molar-refractivity contribution in [3.8, 4) is 0 Å². The Morgan fingerprint density at radius 2 is 1.85 bits per heavy atom. The molecule has 1 aromatic heterocycles. The first kappa shape index (κ1) is 21.4. The van der Waals surface area contributed by atoms with Gasteiger partial charge in [0, 0.05) is 22.8 Å². The number of benzene rings is 1. The first-order valence-electron chi connectivity index (χ1n) is 9.56. The maximum absolute atomic E-state index is 10.2. The van der Waals surface area contributed by atoms with Gasteiger partial charge in [0.05, 0.1) is 25.4 Å². The van der Waals surface area contributed by atoms with Crippen molar-refractivity contribution >= 4 is 17.3 Å². The quantitative estimate of drug-likeness (QED) is 0.430. The Labute approximate surface area is 166 Å². The summed E-state index contributed by atoms with van der Waals surface area (Å²) in [6.07, 6.45) is 0.406. The number of nitrogens with one attached hydrogen (secondary N) is 2. The van der Waals surface area contributed by atoms with Crippen molar-refractivity contribution in [3.05, 3.63) is 57.8 Å². The molecule has 0 aliphatic heterocycles. The lowest BCUT2D eigenvalue weighted by molar-refractivity contribution is -0.000599. The van der Waals surface area contributed by atoms with E-state index in [1.165, 1.54) is 9.75 Å². The van der Waals surface area contributed by atoms with E-state index in [2.05, 4.69) is 34.7 Å². The molecule has 0 aliphatic rings. The highest BCUT2D eigenvalue weighted by molar-refractivity contribution is 7.11. The minimum Gasteiger partial charge on any atom is -0.389 e. The number of nitrogens with zero attached hydrogens (tertiary/aromatic N) is 1. The molecule has 5 nitrogen and oxygen atoms in total. The van der Waals surface area contributed by atoms with E-state index >= 15 is 0 Å². The smallest absolute Gasteiger partial charge is 0.191 e. The second-order valence-corrected chi connectivity index (χ2v) is 7.59. The molecular formula is C21H31N3O2S. The van der Waals surface area contributed by atoms with Crippen LogP contribution in [0.15, 0.2) is 47.5 Å². The molecule has 27 heavy (non-hydrogen) atoms.